The van der Waals surface area contributed by atoms with E-state index in [1.165, 1.54) is 12.1 Å². The van der Waals surface area contributed by atoms with Gasteiger partial charge in [-0.15, -0.1) is 24.0 Å². The molecule has 1 saturated heterocycles. The van der Waals surface area contributed by atoms with Crippen molar-refractivity contribution in [2.45, 2.75) is 39.2 Å². The fourth-order valence-corrected chi connectivity index (χ4v) is 3.23. The van der Waals surface area contributed by atoms with E-state index in [4.69, 9.17) is 4.74 Å². The number of benzene rings is 1. The maximum Gasteiger partial charge on any atom is 0.416 e. The first-order valence-corrected chi connectivity index (χ1v) is 10.3. The van der Waals surface area contributed by atoms with Crippen molar-refractivity contribution in [2.75, 3.05) is 31.1 Å². The van der Waals surface area contributed by atoms with Gasteiger partial charge in [0.1, 0.15) is 5.82 Å². The Morgan fingerprint density at radius 2 is 1.88 bits per heavy atom. The molecule has 1 aromatic heterocycles. The maximum atomic E-state index is 12.7. The lowest BCUT2D eigenvalue weighted by Crippen LogP contribution is -2.41. The first-order chi connectivity index (χ1) is 14.8. The number of pyridine rings is 1. The summed E-state index contributed by atoms with van der Waals surface area (Å²) in [5.41, 5.74) is 1.06. The number of alkyl halides is 3. The third-order valence-electron chi connectivity index (χ3n) is 4.88. The summed E-state index contributed by atoms with van der Waals surface area (Å²) in [6, 6.07) is 9.10. The van der Waals surface area contributed by atoms with E-state index < -0.39 is 11.7 Å². The van der Waals surface area contributed by atoms with E-state index >= 15 is 0 Å². The monoisotopic (exact) mass is 563 g/mol. The summed E-state index contributed by atoms with van der Waals surface area (Å²) in [5.74, 6) is 1.52. The Hall–Kier alpha value is -2.08. The van der Waals surface area contributed by atoms with E-state index in [2.05, 4.69) is 32.4 Å². The Bertz CT molecular complexity index is 859. The van der Waals surface area contributed by atoms with Crippen molar-refractivity contribution in [3.63, 3.8) is 0 Å². The molecule has 1 aromatic carbocycles. The average molecular weight is 563 g/mol. The smallest absolute Gasteiger partial charge is 0.375 e. The molecule has 2 heterocycles. The van der Waals surface area contributed by atoms with E-state index in [9.17, 15) is 13.2 Å². The molecule has 10 heteroatoms. The predicted octanol–water partition coefficient (Wildman–Crippen LogP) is 4.20. The van der Waals surface area contributed by atoms with Gasteiger partial charge in [-0.25, -0.2) is 9.98 Å². The number of anilines is 1. The van der Waals surface area contributed by atoms with Crippen molar-refractivity contribution in [1.82, 2.24) is 15.6 Å². The molecule has 1 aliphatic heterocycles. The van der Waals surface area contributed by atoms with Gasteiger partial charge in [-0.1, -0.05) is 18.2 Å². The maximum absolute atomic E-state index is 12.7. The zero-order valence-electron chi connectivity index (χ0n) is 18.2. The Labute approximate surface area is 203 Å². The van der Waals surface area contributed by atoms with Crippen LogP contribution in [0.2, 0.25) is 0 Å². The molecule has 32 heavy (non-hydrogen) atoms. The number of ether oxygens (including phenoxy) is 1. The van der Waals surface area contributed by atoms with Gasteiger partial charge >= 0.3 is 6.18 Å². The van der Waals surface area contributed by atoms with Crippen LogP contribution in [-0.2, 0) is 24.0 Å². The number of nitrogens with zero attached hydrogens (tertiary/aromatic N) is 3. The third-order valence-corrected chi connectivity index (χ3v) is 4.88. The molecule has 3 rings (SSSR count). The van der Waals surface area contributed by atoms with Crippen molar-refractivity contribution >= 4 is 35.8 Å². The molecule has 0 radical (unpaired) electrons. The Balaban J connectivity index is 0.00000363. The molecule has 0 saturated carbocycles. The van der Waals surface area contributed by atoms with Gasteiger partial charge in [0.15, 0.2) is 5.96 Å². The van der Waals surface area contributed by atoms with Crippen LogP contribution in [0.3, 0.4) is 0 Å². The first-order valence-electron chi connectivity index (χ1n) is 10.3. The summed E-state index contributed by atoms with van der Waals surface area (Å²) in [6.07, 6.45) is -2.32. The summed E-state index contributed by atoms with van der Waals surface area (Å²) < 4.78 is 43.6. The number of morpholine rings is 1. The van der Waals surface area contributed by atoms with Crippen LogP contribution < -0.4 is 15.5 Å². The highest BCUT2D eigenvalue weighted by Crippen LogP contribution is 2.29. The highest BCUT2D eigenvalue weighted by Gasteiger charge is 2.29. The topological polar surface area (TPSA) is 61.8 Å². The van der Waals surface area contributed by atoms with Gasteiger partial charge in [-0.05, 0) is 43.2 Å². The number of aromatic nitrogens is 1. The van der Waals surface area contributed by atoms with Crippen LogP contribution in [0.1, 0.15) is 30.5 Å². The molecule has 1 atom stereocenters. The number of halogens is 4. The molecular formula is C22H29F3IN5O. The van der Waals surface area contributed by atoms with Gasteiger partial charge in [0.25, 0.3) is 0 Å². The summed E-state index contributed by atoms with van der Waals surface area (Å²) in [7, 11) is 0. The molecule has 2 N–H and O–H groups in total. The van der Waals surface area contributed by atoms with Crippen LogP contribution in [0, 0.1) is 0 Å². The summed E-state index contributed by atoms with van der Waals surface area (Å²) in [5, 5.41) is 6.29. The Morgan fingerprint density at radius 1 is 1.16 bits per heavy atom. The van der Waals surface area contributed by atoms with Gasteiger partial charge in [-0.2, -0.15) is 13.2 Å². The molecule has 0 amide bonds. The van der Waals surface area contributed by atoms with Gasteiger partial charge in [0.2, 0.25) is 0 Å². The zero-order chi connectivity index (χ0) is 22.3. The lowest BCUT2D eigenvalue weighted by molar-refractivity contribution is -0.137. The molecule has 0 bridgehead atoms. The van der Waals surface area contributed by atoms with Crippen LogP contribution in [0.5, 0.6) is 0 Å². The lowest BCUT2D eigenvalue weighted by Gasteiger charge is -2.32. The molecule has 0 aliphatic carbocycles. The molecule has 1 fully saturated rings. The Morgan fingerprint density at radius 3 is 2.47 bits per heavy atom. The average Bonchev–Trinajstić information content (AvgIpc) is 2.76. The summed E-state index contributed by atoms with van der Waals surface area (Å²) in [6.45, 7) is 7.84. The normalized spacial score (nSPS) is 17.0. The molecular weight excluding hydrogens is 534 g/mol. The highest BCUT2D eigenvalue weighted by molar-refractivity contribution is 14.0. The van der Waals surface area contributed by atoms with E-state index in [0.717, 1.165) is 42.2 Å². The lowest BCUT2D eigenvalue weighted by atomic mass is 10.1. The van der Waals surface area contributed by atoms with Crippen molar-refractivity contribution in [3.8, 4) is 0 Å². The third kappa shape index (κ3) is 7.80. The number of rotatable bonds is 6. The van der Waals surface area contributed by atoms with Crippen molar-refractivity contribution < 1.29 is 17.9 Å². The quantitative estimate of drug-likeness (QED) is 0.314. The second-order valence-electron chi connectivity index (χ2n) is 7.40. The number of hydrogen-bond donors (Lipinski definition) is 2. The fourth-order valence-electron chi connectivity index (χ4n) is 3.23. The standard InChI is InChI=1S/C22H28F3N5O.HI/c1-3-26-21(28-12-17-4-7-19(8-5-17)22(23,24)25)29-14-18-6-9-20(27-13-18)30-10-11-31-16(2)15-30;/h4-9,13,16H,3,10-12,14-15H2,1-2H3,(H2,26,28,29);1H. The first kappa shape index (κ1) is 26.2. The van der Waals surface area contributed by atoms with Crippen LogP contribution in [0.15, 0.2) is 47.6 Å². The van der Waals surface area contributed by atoms with E-state index in [-0.39, 0.29) is 30.1 Å². The van der Waals surface area contributed by atoms with E-state index in [0.29, 0.717) is 32.2 Å². The minimum Gasteiger partial charge on any atom is -0.375 e. The minimum absolute atomic E-state index is 0. The second-order valence-corrected chi connectivity index (χ2v) is 7.40. The number of nitrogens with one attached hydrogen (secondary N) is 2. The largest absolute Gasteiger partial charge is 0.416 e. The molecule has 1 aliphatic rings. The SMILES string of the molecule is CCNC(=NCc1ccc(N2CCOC(C)C2)nc1)NCc1ccc(C(F)(F)F)cc1.I. The second kappa shape index (κ2) is 12.2. The molecule has 0 spiro atoms. The summed E-state index contributed by atoms with van der Waals surface area (Å²) in [4.78, 5) is 11.3. The van der Waals surface area contributed by atoms with Gasteiger partial charge in [-0.3, -0.25) is 0 Å². The predicted molar refractivity (Wildman–Crippen MR) is 130 cm³/mol. The van der Waals surface area contributed by atoms with Gasteiger partial charge < -0.3 is 20.3 Å². The van der Waals surface area contributed by atoms with Gasteiger partial charge in [0, 0.05) is 32.4 Å². The van der Waals surface area contributed by atoms with Crippen molar-refractivity contribution in [2.24, 2.45) is 4.99 Å². The van der Waals surface area contributed by atoms with E-state index in [1.807, 2.05) is 25.3 Å². The zero-order valence-corrected chi connectivity index (χ0v) is 20.5. The highest BCUT2D eigenvalue weighted by atomic mass is 127. The Kier molecular flexibility index (Phi) is 10.0. The molecule has 176 valence electrons. The van der Waals surface area contributed by atoms with Crippen molar-refractivity contribution in [1.29, 1.82) is 0 Å². The van der Waals surface area contributed by atoms with Crippen molar-refractivity contribution in [3.05, 3.63) is 59.3 Å². The number of hydrogen-bond acceptors (Lipinski definition) is 4. The van der Waals surface area contributed by atoms with E-state index in [1.54, 1.807) is 0 Å². The molecule has 1 unspecified atom stereocenters. The number of guanidine groups is 1. The number of aliphatic imine (C=N–C) groups is 1. The van der Waals surface area contributed by atoms with Crippen LogP contribution >= 0.6 is 24.0 Å². The fraction of sp³-hybridized carbons (Fsp3) is 0.455. The minimum atomic E-state index is -4.33. The van der Waals surface area contributed by atoms with Crippen LogP contribution in [-0.4, -0.2) is 43.3 Å². The summed E-state index contributed by atoms with van der Waals surface area (Å²) >= 11 is 0. The van der Waals surface area contributed by atoms with Crippen LogP contribution in [0.4, 0.5) is 19.0 Å². The molecule has 2 aromatic rings. The molecule has 6 nitrogen and oxygen atoms in total. The van der Waals surface area contributed by atoms with Gasteiger partial charge in [0.05, 0.1) is 24.8 Å². The van der Waals surface area contributed by atoms with Crippen LogP contribution in [0.25, 0.3) is 0 Å².